The highest BCUT2D eigenvalue weighted by Gasteiger charge is 2.23. The first kappa shape index (κ1) is 9.96. The van der Waals surface area contributed by atoms with Crippen LogP contribution in [0.3, 0.4) is 0 Å². The standard InChI is InChI=1S/C10H16N2O/c1-7-11-8(6-13)9(12(7)5)10(2,3)4/h6H,1-5H3. The fraction of sp³-hybridized carbons (Fsp3) is 0.600. The molecule has 3 nitrogen and oxygen atoms in total. The van der Waals surface area contributed by atoms with Gasteiger partial charge in [0, 0.05) is 12.5 Å². The monoisotopic (exact) mass is 180 g/mol. The summed E-state index contributed by atoms with van der Waals surface area (Å²) in [6.07, 6.45) is 0.827. The number of hydrogen-bond acceptors (Lipinski definition) is 2. The summed E-state index contributed by atoms with van der Waals surface area (Å²) in [5.41, 5.74) is 1.53. The van der Waals surface area contributed by atoms with Gasteiger partial charge in [0.25, 0.3) is 0 Å². The second kappa shape index (κ2) is 2.98. The Morgan fingerprint density at radius 1 is 1.38 bits per heavy atom. The molecule has 0 aromatic carbocycles. The first-order chi connectivity index (χ1) is 5.88. The van der Waals surface area contributed by atoms with E-state index in [-0.39, 0.29) is 5.41 Å². The number of aryl methyl sites for hydroxylation is 1. The van der Waals surface area contributed by atoms with E-state index in [0.29, 0.717) is 5.69 Å². The van der Waals surface area contributed by atoms with Crippen molar-refractivity contribution < 1.29 is 4.79 Å². The first-order valence-electron chi connectivity index (χ1n) is 4.37. The molecule has 0 aliphatic carbocycles. The van der Waals surface area contributed by atoms with E-state index in [4.69, 9.17) is 0 Å². The molecule has 13 heavy (non-hydrogen) atoms. The average Bonchev–Trinajstić information content (AvgIpc) is 2.26. The van der Waals surface area contributed by atoms with Crippen LogP contribution in [0.25, 0.3) is 0 Å². The van der Waals surface area contributed by atoms with Crippen molar-refractivity contribution in [2.75, 3.05) is 0 Å². The van der Waals surface area contributed by atoms with E-state index in [0.717, 1.165) is 17.8 Å². The fourth-order valence-electron chi connectivity index (χ4n) is 1.61. The lowest BCUT2D eigenvalue weighted by Gasteiger charge is -2.20. The van der Waals surface area contributed by atoms with Gasteiger partial charge in [-0.2, -0.15) is 0 Å². The van der Waals surface area contributed by atoms with Gasteiger partial charge in [0.2, 0.25) is 0 Å². The summed E-state index contributed by atoms with van der Waals surface area (Å²) in [6.45, 7) is 8.14. The van der Waals surface area contributed by atoms with Crippen molar-refractivity contribution in [2.45, 2.75) is 33.1 Å². The molecule has 0 spiro atoms. The molecule has 0 fully saturated rings. The normalized spacial score (nSPS) is 11.8. The van der Waals surface area contributed by atoms with Gasteiger partial charge < -0.3 is 4.57 Å². The van der Waals surface area contributed by atoms with Crippen LogP contribution in [-0.2, 0) is 12.5 Å². The zero-order valence-electron chi connectivity index (χ0n) is 8.88. The molecule has 1 aromatic heterocycles. The van der Waals surface area contributed by atoms with Gasteiger partial charge in [-0.25, -0.2) is 4.98 Å². The van der Waals surface area contributed by atoms with Crippen LogP contribution < -0.4 is 0 Å². The second-order valence-corrected chi connectivity index (χ2v) is 4.32. The highest BCUT2D eigenvalue weighted by atomic mass is 16.1. The Balaban J connectivity index is 3.41. The van der Waals surface area contributed by atoms with Gasteiger partial charge in [-0.15, -0.1) is 0 Å². The molecule has 0 radical (unpaired) electrons. The number of carbonyl (C=O) groups excluding carboxylic acids is 1. The molecule has 0 unspecified atom stereocenters. The summed E-state index contributed by atoms with van der Waals surface area (Å²) < 4.78 is 1.98. The van der Waals surface area contributed by atoms with Crippen molar-refractivity contribution in [2.24, 2.45) is 7.05 Å². The molecule has 0 atom stereocenters. The quantitative estimate of drug-likeness (QED) is 0.618. The van der Waals surface area contributed by atoms with E-state index in [1.165, 1.54) is 0 Å². The number of aldehydes is 1. The van der Waals surface area contributed by atoms with Crippen LogP contribution in [0.5, 0.6) is 0 Å². The molecule has 0 aliphatic rings. The minimum Gasteiger partial charge on any atom is -0.334 e. The molecule has 3 heteroatoms. The maximum Gasteiger partial charge on any atom is 0.170 e. The topological polar surface area (TPSA) is 34.9 Å². The Kier molecular flexibility index (Phi) is 2.28. The number of imidazole rings is 1. The molecule has 0 aliphatic heterocycles. The van der Waals surface area contributed by atoms with E-state index in [1.807, 2.05) is 18.5 Å². The Morgan fingerprint density at radius 3 is 2.23 bits per heavy atom. The molecule has 0 N–H and O–H groups in total. The molecule has 0 saturated heterocycles. The van der Waals surface area contributed by atoms with Crippen LogP contribution in [0.4, 0.5) is 0 Å². The van der Waals surface area contributed by atoms with Crippen molar-refractivity contribution >= 4 is 6.29 Å². The lowest BCUT2D eigenvalue weighted by Crippen LogP contribution is -2.18. The molecule has 0 bridgehead atoms. The molecule has 1 rings (SSSR count). The van der Waals surface area contributed by atoms with E-state index >= 15 is 0 Å². The molecular weight excluding hydrogens is 164 g/mol. The van der Waals surface area contributed by atoms with Gasteiger partial charge in [-0.3, -0.25) is 4.79 Å². The zero-order chi connectivity index (χ0) is 10.2. The number of carbonyl (C=O) groups is 1. The lowest BCUT2D eigenvalue weighted by molar-refractivity contribution is 0.111. The smallest absolute Gasteiger partial charge is 0.170 e. The maximum atomic E-state index is 10.8. The summed E-state index contributed by atoms with van der Waals surface area (Å²) in [5, 5.41) is 0. The summed E-state index contributed by atoms with van der Waals surface area (Å²) in [5.74, 6) is 0.882. The Bertz CT molecular complexity index is 331. The third-order valence-corrected chi connectivity index (χ3v) is 2.17. The van der Waals surface area contributed by atoms with Gasteiger partial charge in [-0.1, -0.05) is 20.8 Å². The number of hydrogen-bond donors (Lipinski definition) is 0. The van der Waals surface area contributed by atoms with Crippen LogP contribution >= 0.6 is 0 Å². The van der Waals surface area contributed by atoms with Crippen molar-refractivity contribution in [3.8, 4) is 0 Å². The maximum absolute atomic E-state index is 10.8. The van der Waals surface area contributed by atoms with Crippen molar-refractivity contribution in [3.63, 3.8) is 0 Å². The highest BCUT2D eigenvalue weighted by Crippen LogP contribution is 2.25. The largest absolute Gasteiger partial charge is 0.334 e. The molecular formula is C10H16N2O. The fourth-order valence-corrected chi connectivity index (χ4v) is 1.61. The molecule has 0 amide bonds. The van der Waals surface area contributed by atoms with Crippen molar-refractivity contribution in [3.05, 3.63) is 17.2 Å². The van der Waals surface area contributed by atoms with E-state index in [9.17, 15) is 4.79 Å². The molecule has 1 heterocycles. The van der Waals surface area contributed by atoms with E-state index < -0.39 is 0 Å². The first-order valence-corrected chi connectivity index (χ1v) is 4.37. The number of aromatic nitrogens is 2. The Morgan fingerprint density at radius 2 is 1.92 bits per heavy atom. The Labute approximate surface area is 78.8 Å². The van der Waals surface area contributed by atoms with Crippen LogP contribution in [-0.4, -0.2) is 15.8 Å². The third kappa shape index (κ3) is 1.64. The van der Waals surface area contributed by atoms with Gasteiger partial charge in [0.05, 0.1) is 5.69 Å². The average molecular weight is 180 g/mol. The SMILES string of the molecule is Cc1nc(C=O)c(C(C)(C)C)n1C. The highest BCUT2D eigenvalue weighted by molar-refractivity contribution is 5.74. The van der Waals surface area contributed by atoms with Crippen molar-refractivity contribution in [1.82, 2.24) is 9.55 Å². The minimum absolute atomic E-state index is 0.0355. The zero-order valence-corrected chi connectivity index (χ0v) is 8.88. The van der Waals surface area contributed by atoms with E-state index in [1.54, 1.807) is 0 Å². The predicted octanol–water partition coefficient (Wildman–Crippen LogP) is 1.84. The second-order valence-electron chi connectivity index (χ2n) is 4.32. The minimum atomic E-state index is -0.0355. The van der Waals surface area contributed by atoms with Crippen LogP contribution in [0.15, 0.2) is 0 Å². The van der Waals surface area contributed by atoms with Gasteiger partial charge >= 0.3 is 0 Å². The summed E-state index contributed by atoms with van der Waals surface area (Å²) >= 11 is 0. The molecule has 72 valence electrons. The molecule has 0 saturated carbocycles. The predicted molar refractivity (Wildman–Crippen MR) is 52.0 cm³/mol. The Hall–Kier alpha value is -1.12. The summed E-state index contributed by atoms with van der Waals surface area (Å²) in [7, 11) is 1.94. The van der Waals surface area contributed by atoms with Crippen LogP contribution in [0.1, 0.15) is 42.8 Å². The van der Waals surface area contributed by atoms with Crippen LogP contribution in [0, 0.1) is 6.92 Å². The number of rotatable bonds is 1. The van der Waals surface area contributed by atoms with Gasteiger partial charge in [-0.05, 0) is 6.92 Å². The van der Waals surface area contributed by atoms with Gasteiger partial charge in [0.15, 0.2) is 6.29 Å². The van der Waals surface area contributed by atoms with Crippen LogP contribution in [0.2, 0.25) is 0 Å². The third-order valence-electron chi connectivity index (χ3n) is 2.17. The lowest BCUT2D eigenvalue weighted by atomic mass is 9.90. The van der Waals surface area contributed by atoms with Crippen molar-refractivity contribution in [1.29, 1.82) is 0 Å². The number of nitrogens with zero attached hydrogens (tertiary/aromatic N) is 2. The molecule has 1 aromatic rings. The summed E-state index contributed by atoms with van der Waals surface area (Å²) in [6, 6.07) is 0. The summed E-state index contributed by atoms with van der Waals surface area (Å²) in [4.78, 5) is 15.0. The van der Waals surface area contributed by atoms with Gasteiger partial charge in [0.1, 0.15) is 11.5 Å². The van der Waals surface area contributed by atoms with E-state index in [2.05, 4.69) is 25.8 Å².